The topological polar surface area (TPSA) is 67.4 Å². The number of para-hydroxylation sites is 1. The molecule has 12 rings (SSSR count). The van der Waals surface area contributed by atoms with Crippen molar-refractivity contribution in [3.8, 4) is 57.0 Å². The molecular formula is C50H39N5. The first-order valence-electron chi connectivity index (χ1n) is 19.7. The highest BCUT2D eigenvalue weighted by Crippen LogP contribution is 2.60. The lowest BCUT2D eigenvalue weighted by Gasteiger charge is -2.57. The van der Waals surface area contributed by atoms with E-state index < -0.39 is 0 Å². The molecular weight excluding hydrogens is 671 g/mol. The molecule has 6 aromatic carbocycles. The Bertz CT molecular complexity index is 2740. The molecule has 2 heterocycles. The van der Waals surface area contributed by atoms with Crippen LogP contribution in [0.5, 0.6) is 0 Å². The average molecular weight is 710 g/mol. The molecule has 5 nitrogen and oxygen atoms in total. The molecule has 4 bridgehead atoms. The Morgan fingerprint density at radius 1 is 0.491 bits per heavy atom. The number of aromatic nitrogens is 4. The number of hydrogen-bond acceptors (Lipinski definition) is 4. The second kappa shape index (κ2) is 12.6. The van der Waals surface area contributed by atoms with Crippen LogP contribution >= 0.6 is 0 Å². The molecule has 4 saturated carbocycles. The molecule has 4 fully saturated rings. The van der Waals surface area contributed by atoms with Crippen LogP contribution in [0.3, 0.4) is 0 Å². The molecule has 2 aromatic heterocycles. The van der Waals surface area contributed by atoms with Gasteiger partial charge in [-0.1, -0.05) is 115 Å². The van der Waals surface area contributed by atoms with Crippen LogP contribution in [-0.2, 0) is 5.41 Å². The van der Waals surface area contributed by atoms with Gasteiger partial charge in [-0.2, -0.15) is 5.26 Å². The van der Waals surface area contributed by atoms with Crippen LogP contribution in [0.1, 0.15) is 49.7 Å². The molecule has 5 heteroatoms. The van der Waals surface area contributed by atoms with E-state index in [2.05, 4.69) is 120 Å². The van der Waals surface area contributed by atoms with E-state index in [1.54, 1.807) is 0 Å². The Hall–Kier alpha value is -6.38. The zero-order valence-corrected chi connectivity index (χ0v) is 30.6. The number of nitriles is 1. The molecule has 0 N–H and O–H groups in total. The van der Waals surface area contributed by atoms with Crippen molar-refractivity contribution in [3.05, 3.63) is 157 Å². The minimum Gasteiger partial charge on any atom is -0.309 e. The second-order valence-electron chi connectivity index (χ2n) is 16.3. The zero-order valence-electron chi connectivity index (χ0n) is 30.6. The van der Waals surface area contributed by atoms with Crippen molar-refractivity contribution in [2.45, 2.75) is 43.9 Å². The predicted octanol–water partition coefficient (Wildman–Crippen LogP) is 12.0. The molecule has 0 radical (unpaired) electrons. The first-order valence-corrected chi connectivity index (χ1v) is 19.7. The summed E-state index contributed by atoms with van der Waals surface area (Å²) < 4.78 is 2.24. The maximum atomic E-state index is 9.79. The molecule has 0 spiro atoms. The van der Waals surface area contributed by atoms with E-state index in [1.807, 2.05) is 36.4 Å². The molecule has 0 amide bonds. The van der Waals surface area contributed by atoms with Gasteiger partial charge in [-0.3, -0.25) is 0 Å². The molecule has 4 aliphatic rings. The predicted molar refractivity (Wildman–Crippen MR) is 220 cm³/mol. The van der Waals surface area contributed by atoms with Gasteiger partial charge in [0.2, 0.25) is 0 Å². The second-order valence-corrected chi connectivity index (χ2v) is 16.3. The fraction of sp³-hybridized carbons (Fsp3) is 0.200. The summed E-state index contributed by atoms with van der Waals surface area (Å²) in [4.78, 5) is 15.5. The molecule has 4 aliphatic carbocycles. The van der Waals surface area contributed by atoms with E-state index >= 15 is 0 Å². The summed E-state index contributed by atoms with van der Waals surface area (Å²) in [5.74, 6) is 4.65. The maximum absolute atomic E-state index is 9.79. The van der Waals surface area contributed by atoms with Gasteiger partial charge >= 0.3 is 0 Å². The van der Waals surface area contributed by atoms with Gasteiger partial charge in [-0.25, -0.2) is 15.0 Å². The number of nitrogens with zero attached hydrogens (tertiary/aromatic N) is 5. The molecule has 0 atom stereocenters. The highest BCUT2D eigenvalue weighted by molar-refractivity contribution is 6.10. The van der Waals surface area contributed by atoms with Crippen molar-refractivity contribution in [2.75, 3.05) is 0 Å². The van der Waals surface area contributed by atoms with Gasteiger partial charge in [0.15, 0.2) is 17.5 Å². The summed E-state index contributed by atoms with van der Waals surface area (Å²) in [6, 6.07) is 53.3. The lowest BCUT2D eigenvalue weighted by Crippen LogP contribution is -2.48. The highest BCUT2D eigenvalue weighted by atomic mass is 15.0. The Morgan fingerprint density at radius 3 is 1.56 bits per heavy atom. The standard InChI is InChI=1S/C50H39N5/c51-31-32-11-21-43-44-22-18-40(27-46(44)55(45(43)26-32)42-9-5-2-6-10-42)49-53-47(38-14-12-37(13-15-38)36-7-3-1-4-8-36)52-48(54-49)39-16-19-41(20-17-39)50-28-33-23-34(29-50)25-35(24-33)30-50/h1-22,26-27,33-35H,23-25,28-30H2. The van der Waals surface area contributed by atoms with Gasteiger partial charge in [-0.05, 0) is 109 Å². The zero-order chi connectivity index (χ0) is 36.5. The normalized spacial score (nSPS) is 21.3. The molecule has 8 aromatic rings. The fourth-order valence-electron chi connectivity index (χ4n) is 10.7. The van der Waals surface area contributed by atoms with Gasteiger partial charge in [0.25, 0.3) is 0 Å². The van der Waals surface area contributed by atoms with E-state index in [0.717, 1.165) is 67.5 Å². The number of fused-ring (bicyclic) bond motifs is 3. The van der Waals surface area contributed by atoms with Crippen molar-refractivity contribution >= 4 is 21.8 Å². The summed E-state index contributed by atoms with van der Waals surface area (Å²) in [5, 5.41) is 12.0. The smallest absolute Gasteiger partial charge is 0.164 e. The summed E-state index contributed by atoms with van der Waals surface area (Å²) in [5.41, 5.74) is 10.7. The summed E-state index contributed by atoms with van der Waals surface area (Å²) in [7, 11) is 0. The van der Waals surface area contributed by atoms with Gasteiger partial charge in [0.05, 0.1) is 22.7 Å². The maximum Gasteiger partial charge on any atom is 0.164 e. The summed E-state index contributed by atoms with van der Waals surface area (Å²) in [6.45, 7) is 0. The highest BCUT2D eigenvalue weighted by Gasteiger charge is 2.51. The third kappa shape index (κ3) is 5.47. The number of benzene rings is 6. The molecule has 0 aliphatic heterocycles. The first kappa shape index (κ1) is 32.1. The molecule has 0 unspecified atom stereocenters. The fourth-order valence-corrected chi connectivity index (χ4v) is 10.7. The van der Waals surface area contributed by atoms with E-state index in [0.29, 0.717) is 28.5 Å². The van der Waals surface area contributed by atoms with Crippen LogP contribution in [0.15, 0.2) is 146 Å². The van der Waals surface area contributed by atoms with Crippen LogP contribution in [-0.4, -0.2) is 19.5 Å². The van der Waals surface area contributed by atoms with E-state index in [-0.39, 0.29) is 0 Å². The van der Waals surface area contributed by atoms with Crippen LogP contribution in [0, 0.1) is 29.1 Å². The lowest BCUT2D eigenvalue weighted by atomic mass is 9.48. The first-order chi connectivity index (χ1) is 27.1. The summed E-state index contributed by atoms with van der Waals surface area (Å²) >= 11 is 0. The Morgan fingerprint density at radius 2 is 0.964 bits per heavy atom. The van der Waals surface area contributed by atoms with Crippen molar-refractivity contribution < 1.29 is 0 Å². The Kier molecular flexibility index (Phi) is 7.35. The lowest BCUT2D eigenvalue weighted by molar-refractivity contribution is -0.00518. The quantitative estimate of drug-likeness (QED) is 0.172. The van der Waals surface area contributed by atoms with Crippen molar-refractivity contribution in [1.29, 1.82) is 5.26 Å². The van der Waals surface area contributed by atoms with Crippen molar-refractivity contribution in [2.24, 2.45) is 17.8 Å². The van der Waals surface area contributed by atoms with Crippen LogP contribution in [0.4, 0.5) is 0 Å². The van der Waals surface area contributed by atoms with Crippen LogP contribution in [0.25, 0.3) is 72.8 Å². The Balaban J connectivity index is 1.05. The van der Waals surface area contributed by atoms with E-state index in [9.17, 15) is 5.26 Å². The number of rotatable bonds is 6. The van der Waals surface area contributed by atoms with Gasteiger partial charge in [0.1, 0.15) is 0 Å². The summed E-state index contributed by atoms with van der Waals surface area (Å²) in [6.07, 6.45) is 8.36. The Labute approximate surface area is 321 Å². The monoisotopic (exact) mass is 709 g/mol. The molecule has 55 heavy (non-hydrogen) atoms. The van der Waals surface area contributed by atoms with Crippen LogP contribution < -0.4 is 0 Å². The largest absolute Gasteiger partial charge is 0.309 e. The van der Waals surface area contributed by atoms with E-state index in [1.165, 1.54) is 49.7 Å². The average Bonchev–Trinajstić information content (AvgIpc) is 3.56. The molecule has 0 saturated heterocycles. The van der Waals surface area contributed by atoms with Gasteiger partial charge in [0, 0.05) is 33.2 Å². The number of hydrogen-bond donors (Lipinski definition) is 0. The SMILES string of the molecule is N#Cc1ccc2c3ccc(-c4nc(-c5ccc(-c6ccccc6)cc5)nc(-c5ccc(C67CC8CC(CC(C8)C6)C7)cc5)n4)cc3n(-c3ccccc3)c2c1. The third-order valence-electron chi connectivity index (χ3n) is 12.8. The van der Waals surface area contributed by atoms with E-state index in [4.69, 9.17) is 15.0 Å². The van der Waals surface area contributed by atoms with Crippen LogP contribution in [0.2, 0.25) is 0 Å². The minimum absolute atomic E-state index is 0.337. The molecule has 264 valence electrons. The van der Waals surface area contributed by atoms with Crippen molar-refractivity contribution in [3.63, 3.8) is 0 Å². The third-order valence-corrected chi connectivity index (χ3v) is 12.8. The van der Waals surface area contributed by atoms with Crippen molar-refractivity contribution in [1.82, 2.24) is 19.5 Å². The van der Waals surface area contributed by atoms with Gasteiger partial charge in [-0.15, -0.1) is 0 Å². The minimum atomic E-state index is 0.337. The van der Waals surface area contributed by atoms with Gasteiger partial charge < -0.3 is 4.57 Å².